The van der Waals surface area contributed by atoms with Gasteiger partial charge in [-0.05, 0) is 36.4 Å². The molecule has 0 bridgehead atoms. The van der Waals surface area contributed by atoms with Crippen molar-refractivity contribution in [1.29, 1.82) is 0 Å². The summed E-state index contributed by atoms with van der Waals surface area (Å²) < 4.78 is 42.6. The molecule has 0 atom stereocenters. The molecule has 2 aromatic heterocycles. The molecule has 0 saturated heterocycles. The third-order valence-electron chi connectivity index (χ3n) is 6.14. The van der Waals surface area contributed by atoms with Gasteiger partial charge in [-0.15, -0.1) is 5.10 Å². The first kappa shape index (κ1) is 21.8. The molecule has 3 aromatic carbocycles. The number of hydrogen-bond donors (Lipinski definition) is 1. The van der Waals surface area contributed by atoms with E-state index in [0.717, 1.165) is 39.8 Å². The minimum atomic E-state index is -4.44. The monoisotopic (exact) mass is 485 g/mol. The Morgan fingerprint density at radius 1 is 0.944 bits per heavy atom. The topological polar surface area (TPSA) is 64.7 Å². The number of para-hydroxylation sites is 2. The highest BCUT2D eigenvalue weighted by Gasteiger charge is 2.30. The van der Waals surface area contributed by atoms with Crippen LogP contribution in [0.25, 0.3) is 28.2 Å². The molecule has 0 spiro atoms. The van der Waals surface area contributed by atoms with Crippen molar-refractivity contribution in [3.05, 3.63) is 108 Å². The average Bonchev–Trinajstić information content (AvgIpc) is 3.56. The Hall–Kier alpha value is -4.66. The van der Waals surface area contributed by atoms with Gasteiger partial charge in [0.15, 0.2) is 0 Å². The van der Waals surface area contributed by atoms with Crippen molar-refractivity contribution < 1.29 is 18.0 Å². The predicted octanol–water partition coefficient (Wildman–Crippen LogP) is 5.78. The predicted molar refractivity (Wildman–Crippen MR) is 130 cm³/mol. The second kappa shape index (κ2) is 8.23. The number of hydrogen-bond acceptors (Lipinski definition) is 3. The number of alkyl halides is 3. The van der Waals surface area contributed by atoms with Gasteiger partial charge in [0.25, 0.3) is 5.91 Å². The lowest BCUT2D eigenvalue weighted by molar-refractivity contribution is -0.137. The first-order valence-corrected chi connectivity index (χ1v) is 11.2. The zero-order chi connectivity index (χ0) is 24.9. The number of carbonyl (C=O) groups excluding carboxylic acids is 1. The fraction of sp³-hybridized carbons (Fsp3) is 0.0741. The zero-order valence-electron chi connectivity index (χ0n) is 18.7. The maximum Gasteiger partial charge on any atom is 0.416 e. The van der Waals surface area contributed by atoms with Gasteiger partial charge in [0.2, 0.25) is 0 Å². The quantitative estimate of drug-likeness (QED) is 0.328. The van der Waals surface area contributed by atoms with Crippen molar-refractivity contribution in [3.63, 3.8) is 0 Å². The lowest BCUT2D eigenvalue weighted by atomic mass is 10.0. The minimum absolute atomic E-state index is 0.155. The van der Waals surface area contributed by atoms with Crippen molar-refractivity contribution in [1.82, 2.24) is 19.6 Å². The van der Waals surface area contributed by atoms with Crippen molar-refractivity contribution >= 4 is 34.1 Å². The molecule has 0 saturated carbocycles. The van der Waals surface area contributed by atoms with Crippen LogP contribution in [0.15, 0.2) is 85.2 Å². The van der Waals surface area contributed by atoms with E-state index in [-0.39, 0.29) is 11.6 Å². The van der Waals surface area contributed by atoms with Crippen LogP contribution in [0.3, 0.4) is 0 Å². The normalized spacial score (nSPS) is 14.4. The third kappa shape index (κ3) is 3.84. The van der Waals surface area contributed by atoms with Crippen LogP contribution in [0.2, 0.25) is 0 Å². The van der Waals surface area contributed by atoms with E-state index < -0.39 is 11.7 Å². The van der Waals surface area contributed by atoms with E-state index in [1.54, 1.807) is 12.3 Å². The largest absolute Gasteiger partial charge is 0.416 e. The molecule has 1 amide bonds. The van der Waals surface area contributed by atoms with Crippen molar-refractivity contribution in [2.75, 3.05) is 5.32 Å². The Labute approximate surface area is 203 Å². The molecule has 1 aliphatic heterocycles. The first-order chi connectivity index (χ1) is 17.4. The minimum Gasteiger partial charge on any atom is -0.341 e. The van der Waals surface area contributed by atoms with Crippen LogP contribution in [0.4, 0.5) is 18.9 Å². The summed E-state index contributed by atoms with van der Waals surface area (Å²) >= 11 is 0. The van der Waals surface area contributed by atoms with Crippen LogP contribution in [0, 0.1) is 0 Å². The summed E-state index contributed by atoms with van der Waals surface area (Å²) in [5.41, 5.74) is 4.13. The van der Waals surface area contributed by atoms with Gasteiger partial charge >= 0.3 is 6.18 Å². The summed E-state index contributed by atoms with van der Waals surface area (Å²) in [6.07, 6.45) is 0.989. The molecule has 1 N–H and O–H groups in total. The van der Waals surface area contributed by atoms with Crippen LogP contribution in [0.5, 0.6) is 0 Å². The fourth-order valence-corrected chi connectivity index (χ4v) is 4.46. The van der Waals surface area contributed by atoms with E-state index in [0.29, 0.717) is 17.8 Å². The summed E-state index contributed by atoms with van der Waals surface area (Å²) in [5, 5.41) is 12.1. The van der Waals surface area contributed by atoms with Crippen LogP contribution in [-0.2, 0) is 17.5 Å². The van der Waals surface area contributed by atoms with Crippen molar-refractivity contribution in [3.8, 4) is 5.69 Å². The summed E-state index contributed by atoms with van der Waals surface area (Å²) in [5.74, 6) is -0.155. The number of anilines is 1. The molecular weight excluding hydrogens is 467 g/mol. The number of fused-ring (bicyclic) bond motifs is 2. The van der Waals surface area contributed by atoms with Crippen molar-refractivity contribution in [2.24, 2.45) is 0 Å². The molecule has 178 valence electrons. The summed E-state index contributed by atoms with van der Waals surface area (Å²) in [6, 6.07) is 20.3. The van der Waals surface area contributed by atoms with Gasteiger partial charge in [0.05, 0.1) is 24.0 Å². The molecule has 6 nitrogen and oxygen atoms in total. The Morgan fingerprint density at radius 3 is 2.61 bits per heavy atom. The number of nitrogens with zero attached hydrogens (tertiary/aromatic N) is 4. The smallest absolute Gasteiger partial charge is 0.341 e. The molecule has 0 unspecified atom stereocenters. The number of benzene rings is 3. The van der Waals surface area contributed by atoms with E-state index in [9.17, 15) is 18.0 Å². The molecule has 9 heteroatoms. The lowest BCUT2D eigenvalue weighted by Crippen LogP contribution is -2.06. The molecule has 0 aliphatic carbocycles. The van der Waals surface area contributed by atoms with Gasteiger partial charge in [-0.2, -0.15) is 13.2 Å². The highest BCUT2D eigenvalue weighted by molar-refractivity contribution is 6.35. The van der Waals surface area contributed by atoms with E-state index in [1.807, 2.05) is 65.4 Å². The van der Waals surface area contributed by atoms with Crippen LogP contribution >= 0.6 is 0 Å². The molecule has 6 rings (SSSR count). The molecular formula is C27H18F3N5O. The van der Waals surface area contributed by atoms with Crippen LogP contribution in [-0.4, -0.2) is 25.5 Å². The zero-order valence-corrected chi connectivity index (χ0v) is 18.7. The molecule has 1 aliphatic rings. The lowest BCUT2D eigenvalue weighted by Gasteiger charge is -2.08. The van der Waals surface area contributed by atoms with Gasteiger partial charge in [-0.1, -0.05) is 47.7 Å². The maximum absolute atomic E-state index is 13.1. The highest BCUT2D eigenvalue weighted by atomic mass is 19.4. The van der Waals surface area contributed by atoms with E-state index in [1.165, 1.54) is 10.7 Å². The molecule has 5 aromatic rings. The van der Waals surface area contributed by atoms with Crippen LogP contribution in [0.1, 0.15) is 22.4 Å². The summed E-state index contributed by atoms with van der Waals surface area (Å²) in [6.45, 7) is 0.353. The molecule has 0 fully saturated rings. The Kier molecular flexibility index (Phi) is 4.99. The van der Waals surface area contributed by atoms with Gasteiger partial charge in [-0.25, -0.2) is 4.68 Å². The number of rotatable bonds is 4. The van der Waals surface area contributed by atoms with E-state index in [4.69, 9.17) is 0 Å². The average molecular weight is 485 g/mol. The highest BCUT2D eigenvalue weighted by Crippen LogP contribution is 2.35. The number of halogens is 3. The van der Waals surface area contributed by atoms with Gasteiger partial charge in [-0.3, -0.25) is 4.79 Å². The number of aromatic nitrogens is 4. The molecule has 0 radical (unpaired) electrons. The third-order valence-corrected chi connectivity index (χ3v) is 6.14. The second-order valence-corrected chi connectivity index (χ2v) is 8.49. The van der Waals surface area contributed by atoms with Crippen LogP contribution < -0.4 is 5.32 Å². The molecule has 3 heterocycles. The summed E-state index contributed by atoms with van der Waals surface area (Å²) in [7, 11) is 0. The molecule has 36 heavy (non-hydrogen) atoms. The fourth-order valence-electron chi connectivity index (χ4n) is 4.46. The van der Waals surface area contributed by atoms with E-state index in [2.05, 4.69) is 15.6 Å². The van der Waals surface area contributed by atoms with Gasteiger partial charge in [0.1, 0.15) is 5.69 Å². The maximum atomic E-state index is 13.1. The Morgan fingerprint density at radius 2 is 1.75 bits per heavy atom. The van der Waals surface area contributed by atoms with Gasteiger partial charge in [0, 0.05) is 39.5 Å². The summed E-state index contributed by atoms with van der Waals surface area (Å²) in [4.78, 5) is 12.6. The standard InChI is InChI=1S/C27H18F3N5O/c28-27(29,30)18-6-5-7-20(13-18)35-16-19(32-33-35)15-34-14-17(21-8-2-4-11-25(21)34)12-23-22-9-1-3-10-24(22)31-26(23)36/h1-14,16H,15H2,(H,31,36). The number of amides is 1. The SMILES string of the molecule is O=C1Nc2ccccc2C1=Cc1cn(Cc2cn(-c3cccc(C(F)(F)F)c3)nn2)c2ccccc12. The number of carbonyl (C=O) groups is 1. The van der Waals surface area contributed by atoms with E-state index >= 15 is 0 Å². The van der Waals surface area contributed by atoms with Gasteiger partial charge < -0.3 is 9.88 Å². The Balaban J connectivity index is 1.35. The Bertz CT molecular complexity index is 1660. The first-order valence-electron chi connectivity index (χ1n) is 11.2. The second-order valence-electron chi connectivity index (χ2n) is 8.49. The van der Waals surface area contributed by atoms with Crippen molar-refractivity contribution in [2.45, 2.75) is 12.7 Å². The number of nitrogens with one attached hydrogen (secondary N) is 1.